The predicted octanol–water partition coefficient (Wildman–Crippen LogP) is 3.84. The summed E-state index contributed by atoms with van der Waals surface area (Å²) < 4.78 is 11.0. The molecule has 4 aromatic rings. The maximum atomic E-state index is 12.7. The highest BCUT2D eigenvalue weighted by atomic mass is 16.5. The second-order valence-electron chi connectivity index (χ2n) is 8.28. The van der Waals surface area contributed by atoms with E-state index >= 15 is 0 Å². The molecule has 7 heteroatoms. The molecule has 2 heterocycles. The third kappa shape index (κ3) is 4.69. The van der Waals surface area contributed by atoms with Crippen molar-refractivity contribution in [3.8, 4) is 17.1 Å². The Labute approximate surface area is 192 Å². The lowest BCUT2D eigenvalue weighted by atomic mass is 10.1. The van der Waals surface area contributed by atoms with E-state index in [1.165, 1.54) is 0 Å². The fraction of sp³-hybridized carbons (Fsp3) is 0.308. The van der Waals surface area contributed by atoms with Gasteiger partial charge in [-0.15, -0.1) is 0 Å². The quantitative estimate of drug-likeness (QED) is 0.424. The molecule has 0 spiro atoms. The van der Waals surface area contributed by atoms with E-state index in [1.807, 2.05) is 24.3 Å². The second kappa shape index (κ2) is 9.60. The minimum absolute atomic E-state index is 0.0994. The van der Waals surface area contributed by atoms with Gasteiger partial charge in [-0.2, -0.15) is 0 Å². The number of methoxy groups -OCH3 is 1. The molecule has 33 heavy (non-hydrogen) atoms. The monoisotopic (exact) mass is 444 g/mol. The van der Waals surface area contributed by atoms with Gasteiger partial charge in [-0.25, -0.2) is 4.98 Å². The third-order valence-corrected chi connectivity index (χ3v) is 6.11. The molecule has 1 saturated heterocycles. The van der Waals surface area contributed by atoms with Crippen LogP contribution in [0.5, 0.6) is 5.75 Å². The van der Waals surface area contributed by atoms with Crippen molar-refractivity contribution in [3.05, 3.63) is 60.2 Å². The van der Waals surface area contributed by atoms with Gasteiger partial charge in [0.2, 0.25) is 0 Å². The Balaban J connectivity index is 1.29. The van der Waals surface area contributed by atoms with E-state index in [9.17, 15) is 4.79 Å². The molecule has 7 nitrogen and oxygen atoms in total. The fourth-order valence-corrected chi connectivity index (χ4v) is 4.28. The van der Waals surface area contributed by atoms with E-state index in [0.29, 0.717) is 17.9 Å². The van der Waals surface area contributed by atoms with Crippen LogP contribution in [0.4, 0.5) is 0 Å². The van der Waals surface area contributed by atoms with E-state index < -0.39 is 0 Å². The van der Waals surface area contributed by atoms with Gasteiger partial charge in [0.05, 0.1) is 36.9 Å². The van der Waals surface area contributed by atoms with Crippen molar-refractivity contribution in [2.24, 2.45) is 0 Å². The predicted molar refractivity (Wildman–Crippen MR) is 130 cm³/mol. The van der Waals surface area contributed by atoms with Gasteiger partial charge in [0.15, 0.2) is 0 Å². The number of carbonyl (C=O) groups excluding carboxylic acids is 1. The van der Waals surface area contributed by atoms with Crippen LogP contribution in [0.2, 0.25) is 0 Å². The Hall–Kier alpha value is -3.42. The molecule has 0 unspecified atom stereocenters. The molecule has 0 radical (unpaired) electrons. The Morgan fingerprint density at radius 3 is 2.70 bits per heavy atom. The van der Waals surface area contributed by atoms with Gasteiger partial charge in [0, 0.05) is 25.2 Å². The number of hydrogen-bond acceptors (Lipinski definition) is 5. The molecule has 0 aliphatic carbocycles. The van der Waals surface area contributed by atoms with Crippen molar-refractivity contribution in [2.75, 3.05) is 46.5 Å². The number of fused-ring (bicyclic) bond motifs is 2. The van der Waals surface area contributed by atoms with Crippen LogP contribution in [0.3, 0.4) is 0 Å². The summed E-state index contributed by atoms with van der Waals surface area (Å²) in [5.41, 5.74) is 3.26. The van der Waals surface area contributed by atoms with E-state index in [4.69, 9.17) is 14.5 Å². The molecule has 1 aromatic heterocycles. The van der Waals surface area contributed by atoms with Crippen molar-refractivity contribution < 1.29 is 14.3 Å². The number of amides is 1. The van der Waals surface area contributed by atoms with Crippen molar-refractivity contribution in [2.45, 2.75) is 6.42 Å². The van der Waals surface area contributed by atoms with Gasteiger partial charge in [-0.3, -0.25) is 9.69 Å². The number of benzene rings is 3. The smallest absolute Gasteiger partial charge is 0.251 e. The average Bonchev–Trinajstić information content (AvgIpc) is 3.27. The maximum Gasteiger partial charge on any atom is 0.251 e. The van der Waals surface area contributed by atoms with E-state index in [-0.39, 0.29) is 5.91 Å². The summed E-state index contributed by atoms with van der Waals surface area (Å²) >= 11 is 0. The lowest BCUT2D eigenvalue weighted by Gasteiger charge is -2.26. The van der Waals surface area contributed by atoms with Crippen LogP contribution in [0.15, 0.2) is 54.6 Å². The standard InChI is InChI=1S/C26H28N4O3/c1-32-24-17-20(26(31)27-9-4-10-30-11-13-33-14-12-30)7-8-21(24)25-28-22-15-18-5-2-3-6-19(18)16-23(22)29-25/h2-3,5-8,15-17H,4,9-14H2,1H3,(H,27,31)(H,28,29). The molecule has 5 rings (SSSR count). The number of rotatable bonds is 7. The molecule has 1 aliphatic rings. The molecule has 0 bridgehead atoms. The van der Waals surface area contributed by atoms with Crippen molar-refractivity contribution in [1.82, 2.24) is 20.2 Å². The van der Waals surface area contributed by atoms with Gasteiger partial charge in [0.1, 0.15) is 11.6 Å². The summed E-state index contributed by atoms with van der Waals surface area (Å²) in [7, 11) is 1.61. The van der Waals surface area contributed by atoms with Crippen LogP contribution in [-0.4, -0.2) is 67.3 Å². The van der Waals surface area contributed by atoms with Crippen molar-refractivity contribution in [1.29, 1.82) is 0 Å². The van der Waals surface area contributed by atoms with Crippen LogP contribution in [0.25, 0.3) is 33.2 Å². The third-order valence-electron chi connectivity index (χ3n) is 6.11. The Morgan fingerprint density at radius 1 is 1.12 bits per heavy atom. The van der Waals surface area contributed by atoms with Crippen LogP contribution in [0.1, 0.15) is 16.8 Å². The molecular formula is C26H28N4O3. The van der Waals surface area contributed by atoms with Gasteiger partial charge < -0.3 is 19.8 Å². The maximum absolute atomic E-state index is 12.7. The summed E-state index contributed by atoms with van der Waals surface area (Å²) in [4.78, 5) is 23.2. The van der Waals surface area contributed by atoms with Gasteiger partial charge in [0.25, 0.3) is 5.91 Å². The largest absolute Gasteiger partial charge is 0.496 e. The van der Waals surface area contributed by atoms with Crippen molar-refractivity contribution in [3.63, 3.8) is 0 Å². The van der Waals surface area contributed by atoms with Crippen LogP contribution in [0, 0.1) is 0 Å². The lowest BCUT2D eigenvalue weighted by molar-refractivity contribution is 0.0374. The minimum atomic E-state index is -0.0994. The number of ether oxygens (including phenoxy) is 2. The zero-order valence-electron chi connectivity index (χ0n) is 18.8. The number of nitrogens with zero attached hydrogens (tertiary/aromatic N) is 2. The number of carbonyl (C=O) groups is 1. The topological polar surface area (TPSA) is 79.5 Å². The normalized spacial score (nSPS) is 14.6. The molecule has 1 amide bonds. The molecule has 0 atom stereocenters. The van der Waals surface area contributed by atoms with E-state index in [1.54, 1.807) is 13.2 Å². The molecule has 3 aromatic carbocycles. The zero-order valence-corrected chi connectivity index (χ0v) is 18.8. The first-order valence-corrected chi connectivity index (χ1v) is 11.4. The summed E-state index contributed by atoms with van der Waals surface area (Å²) in [6.45, 7) is 5.11. The summed E-state index contributed by atoms with van der Waals surface area (Å²) in [6.07, 6.45) is 0.911. The zero-order chi connectivity index (χ0) is 22.6. The Bertz CT molecular complexity index is 1220. The Morgan fingerprint density at radius 2 is 1.91 bits per heavy atom. The summed E-state index contributed by atoms with van der Waals surface area (Å²) in [5.74, 6) is 1.23. The number of H-pyrrole nitrogens is 1. The number of aromatic amines is 1. The molecule has 2 N–H and O–H groups in total. The highest BCUT2D eigenvalue weighted by Crippen LogP contribution is 2.31. The van der Waals surface area contributed by atoms with E-state index in [2.05, 4.69) is 39.5 Å². The van der Waals surface area contributed by atoms with Crippen LogP contribution < -0.4 is 10.1 Å². The first kappa shape index (κ1) is 21.4. The van der Waals surface area contributed by atoms with Gasteiger partial charge in [-0.05, 0) is 54.1 Å². The van der Waals surface area contributed by atoms with Gasteiger partial charge >= 0.3 is 0 Å². The number of imidazole rings is 1. The number of hydrogen-bond donors (Lipinski definition) is 2. The SMILES string of the molecule is COc1cc(C(=O)NCCCN2CCOCC2)ccc1-c1nc2cc3ccccc3cc2[nH]1. The second-order valence-corrected chi connectivity index (χ2v) is 8.28. The molecule has 1 aliphatic heterocycles. The fourth-order valence-electron chi connectivity index (χ4n) is 4.28. The lowest BCUT2D eigenvalue weighted by Crippen LogP contribution is -2.38. The Kier molecular flexibility index (Phi) is 6.24. The molecular weight excluding hydrogens is 416 g/mol. The highest BCUT2D eigenvalue weighted by Gasteiger charge is 2.15. The molecule has 170 valence electrons. The van der Waals surface area contributed by atoms with Crippen LogP contribution >= 0.6 is 0 Å². The first-order chi connectivity index (χ1) is 16.2. The molecule has 0 saturated carbocycles. The summed E-state index contributed by atoms with van der Waals surface area (Å²) in [5, 5.41) is 5.32. The minimum Gasteiger partial charge on any atom is -0.496 e. The van der Waals surface area contributed by atoms with Crippen LogP contribution in [-0.2, 0) is 4.74 Å². The first-order valence-electron chi connectivity index (χ1n) is 11.4. The van der Waals surface area contributed by atoms with E-state index in [0.717, 1.165) is 72.5 Å². The number of nitrogens with one attached hydrogen (secondary N) is 2. The number of morpholine rings is 1. The average molecular weight is 445 g/mol. The van der Waals surface area contributed by atoms with Gasteiger partial charge in [-0.1, -0.05) is 24.3 Å². The van der Waals surface area contributed by atoms with Crippen molar-refractivity contribution >= 4 is 27.7 Å². The summed E-state index contributed by atoms with van der Waals surface area (Å²) in [6, 6.07) is 17.9. The molecule has 1 fully saturated rings. The number of aromatic nitrogens is 2. The highest BCUT2D eigenvalue weighted by molar-refractivity contribution is 5.97.